The van der Waals surface area contributed by atoms with Crippen molar-refractivity contribution in [2.45, 2.75) is 25.9 Å². The van der Waals surface area contributed by atoms with E-state index < -0.39 is 0 Å². The van der Waals surface area contributed by atoms with Crippen molar-refractivity contribution in [3.05, 3.63) is 52.4 Å². The van der Waals surface area contributed by atoms with Crippen LogP contribution in [0.5, 0.6) is 5.88 Å². The van der Waals surface area contributed by atoms with E-state index in [0.29, 0.717) is 23.8 Å². The number of rotatable bonds is 3. The lowest BCUT2D eigenvalue weighted by Gasteiger charge is -2.32. The predicted molar refractivity (Wildman–Crippen MR) is 90.5 cm³/mol. The highest BCUT2D eigenvalue weighted by Crippen LogP contribution is 2.22. The fraction of sp³-hybridized carbons (Fsp3) is 0.353. The van der Waals surface area contributed by atoms with E-state index in [9.17, 15) is 4.79 Å². The first-order valence-electron chi connectivity index (χ1n) is 7.63. The van der Waals surface area contributed by atoms with Crippen LogP contribution in [0.15, 0.2) is 41.0 Å². The minimum Gasteiger partial charge on any atom is -0.472 e. The van der Waals surface area contributed by atoms with Crippen LogP contribution in [0.1, 0.15) is 29.0 Å². The number of hydrogen-bond donors (Lipinski definition) is 0. The van der Waals surface area contributed by atoms with Crippen LogP contribution in [-0.2, 0) is 0 Å². The number of halogens is 1. The molecule has 5 nitrogen and oxygen atoms in total. The molecule has 1 fully saturated rings. The summed E-state index contributed by atoms with van der Waals surface area (Å²) in [6.07, 6.45) is 3.49. The Balaban J connectivity index is 1.68. The number of piperidine rings is 1. The van der Waals surface area contributed by atoms with Gasteiger partial charge in [0.1, 0.15) is 11.9 Å². The topological polar surface area (TPSA) is 55.3 Å². The van der Waals surface area contributed by atoms with E-state index in [4.69, 9.17) is 4.74 Å². The van der Waals surface area contributed by atoms with Crippen molar-refractivity contribution in [3.8, 4) is 5.88 Å². The molecule has 1 saturated heterocycles. The van der Waals surface area contributed by atoms with Gasteiger partial charge < -0.3 is 9.64 Å². The molecule has 3 rings (SSSR count). The molecule has 2 aromatic rings. The summed E-state index contributed by atoms with van der Waals surface area (Å²) in [5.74, 6) is 1.28. The Morgan fingerprint density at radius 3 is 2.96 bits per heavy atom. The number of aromatic nitrogens is 2. The maximum absolute atomic E-state index is 12.7. The average molecular weight is 376 g/mol. The maximum atomic E-state index is 12.7. The molecule has 2 heterocycles. The summed E-state index contributed by atoms with van der Waals surface area (Å²) in [6.45, 7) is 3.16. The van der Waals surface area contributed by atoms with Gasteiger partial charge in [-0.25, -0.2) is 4.98 Å². The number of carbonyl (C=O) groups is 1. The summed E-state index contributed by atoms with van der Waals surface area (Å²) in [6, 6.07) is 9.25. The maximum Gasteiger partial charge on any atom is 0.255 e. The van der Waals surface area contributed by atoms with Gasteiger partial charge in [0.25, 0.3) is 5.91 Å². The molecule has 1 aliphatic heterocycles. The quantitative estimate of drug-likeness (QED) is 0.826. The first kappa shape index (κ1) is 15.9. The van der Waals surface area contributed by atoms with Crippen LogP contribution in [0, 0.1) is 6.92 Å². The fourth-order valence-corrected chi connectivity index (χ4v) is 3.15. The molecule has 0 aliphatic carbocycles. The zero-order valence-electron chi connectivity index (χ0n) is 12.9. The van der Waals surface area contributed by atoms with Crippen LogP contribution in [0.3, 0.4) is 0 Å². The third-order valence-corrected chi connectivity index (χ3v) is 4.50. The van der Waals surface area contributed by atoms with Gasteiger partial charge in [-0.2, -0.15) is 4.98 Å². The Morgan fingerprint density at radius 1 is 1.35 bits per heavy atom. The lowest BCUT2D eigenvalue weighted by atomic mass is 10.1. The lowest BCUT2D eigenvalue weighted by Crippen LogP contribution is -2.44. The largest absolute Gasteiger partial charge is 0.472 e. The van der Waals surface area contributed by atoms with Gasteiger partial charge in [-0.05, 0) is 47.8 Å². The van der Waals surface area contributed by atoms with E-state index in [1.807, 2.05) is 36.1 Å². The van der Waals surface area contributed by atoms with Crippen molar-refractivity contribution in [1.82, 2.24) is 14.9 Å². The smallest absolute Gasteiger partial charge is 0.255 e. The summed E-state index contributed by atoms with van der Waals surface area (Å²) in [7, 11) is 0. The minimum absolute atomic E-state index is 0.0321. The molecule has 23 heavy (non-hydrogen) atoms. The van der Waals surface area contributed by atoms with E-state index in [2.05, 4.69) is 25.9 Å². The summed E-state index contributed by atoms with van der Waals surface area (Å²) in [4.78, 5) is 22.9. The van der Waals surface area contributed by atoms with Crippen molar-refractivity contribution >= 4 is 21.8 Å². The molecule has 1 amide bonds. The first-order chi connectivity index (χ1) is 11.1. The van der Waals surface area contributed by atoms with E-state index >= 15 is 0 Å². The molecular formula is C17H18BrN3O2. The summed E-state index contributed by atoms with van der Waals surface area (Å²) in [5, 5.41) is 0. The molecule has 6 heteroatoms. The highest BCUT2D eigenvalue weighted by atomic mass is 79.9. The van der Waals surface area contributed by atoms with Gasteiger partial charge in [0.15, 0.2) is 0 Å². The Hall–Kier alpha value is -1.95. The first-order valence-corrected chi connectivity index (χ1v) is 8.43. The molecule has 0 spiro atoms. The van der Waals surface area contributed by atoms with E-state index in [1.165, 1.54) is 0 Å². The number of amides is 1. The Labute approximate surface area is 143 Å². The molecule has 120 valence electrons. The highest BCUT2D eigenvalue weighted by molar-refractivity contribution is 9.10. The van der Waals surface area contributed by atoms with Gasteiger partial charge in [-0.1, -0.05) is 12.1 Å². The van der Waals surface area contributed by atoms with Crippen LogP contribution < -0.4 is 4.74 Å². The summed E-state index contributed by atoms with van der Waals surface area (Å²) < 4.78 is 6.74. The van der Waals surface area contributed by atoms with Crippen LogP contribution in [0.25, 0.3) is 0 Å². The van der Waals surface area contributed by atoms with Gasteiger partial charge in [-0.15, -0.1) is 0 Å². The molecule has 1 aliphatic rings. The fourth-order valence-electron chi connectivity index (χ4n) is 2.69. The number of benzene rings is 1. The van der Waals surface area contributed by atoms with E-state index in [-0.39, 0.29) is 12.0 Å². The van der Waals surface area contributed by atoms with Crippen LogP contribution >= 0.6 is 15.9 Å². The second-order valence-electron chi connectivity index (χ2n) is 5.56. The second-order valence-corrected chi connectivity index (χ2v) is 6.41. The van der Waals surface area contributed by atoms with Gasteiger partial charge in [-0.3, -0.25) is 4.79 Å². The zero-order valence-corrected chi connectivity index (χ0v) is 14.5. The summed E-state index contributed by atoms with van der Waals surface area (Å²) in [5.41, 5.74) is 0.686. The highest BCUT2D eigenvalue weighted by Gasteiger charge is 2.26. The van der Waals surface area contributed by atoms with Gasteiger partial charge in [0.05, 0.1) is 12.1 Å². The van der Waals surface area contributed by atoms with Crippen molar-refractivity contribution in [2.75, 3.05) is 13.1 Å². The number of ether oxygens (including phenoxy) is 1. The van der Waals surface area contributed by atoms with E-state index in [1.54, 1.807) is 12.3 Å². The van der Waals surface area contributed by atoms with Crippen molar-refractivity contribution < 1.29 is 9.53 Å². The SMILES string of the molecule is Cc1nccc(O[C@@H]2CCCN(C(=O)c3ccccc3Br)C2)n1. The molecule has 0 N–H and O–H groups in total. The number of carbonyl (C=O) groups excluding carboxylic acids is 1. The van der Waals surface area contributed by atoms with Crippen LogP contribution in [0.2, 0.25) is 0 Å². The van der Waals surface area contributed by atoms with Crippen LogP contribution in [0.4, 0.5) is 0 Å². The van der Waals surface area contributed by atoms with Crippen molar-refractivity contribution in [1.29, 1.82) is 0 Å². The Bertz CT molecular complexity index is 708. The third-order valence-electron chi connectivity index (χ3n) is 3.81. The zero-order chi connectivity index (χ0) is 16.2. The molecule has 1 aromatic carbocycles. The number of hydrogen-bond acceptors (Lipinski definition) is 4. The molecule has 1 aromatic heterocycles. The molecule has 1 atom stereocenters. The normalized spacial score (nSPS) is 17.8. The van der Waals surface area contributed by atoms with Crippen molar-refractivity contribution in [3.63, 3.8) is 0 Å². The Kier molecular flexibility index (Phi) is 4.91. The van der Waals surface area contributed by atoms with E-state index in [0.717, 1.165) is 23.9 Å². The Morgan fingerprint density at radius 2 is 2.17 bits per heavy atom. The molecule has 0 saturated carbocycles. The van der Waals surface area contributed by atoms with Gasteiger partial charge >= 0.3 is 0 Å². The molecule has 0 radical (unpaired) electrons. The second kappa shape index (κ2) is 7.08. The minimum atomic E-state index is -0.0375. The molecule has 0 unspecified atom stereocenters. The van der Waals surface area contributed by atoms with Crippen LogP contribution in [-0.4, -0.2) is 40.0 Å². The molecular weight excluding hydrogens is 358 g/mol. The third kappa shape index (κ3) is 3.88. The summed E-state index contributed by atoms with van der Waals surface area (Å²) >= 11 is 3.44. The monoisotopic (exact) mass is 375 g/mol. The number of likely N-dealkylation sites (tertiary alicyclic amines) is 1. The van der Waals surface area contributed by atoms with Gasteiger partial charge in [0, 0.05) is 23.3 Å². The average Bonchev–Trinajstić information content (AvgIpc) is 2.55. The van der Waals surface area contributed by atoms with Gasteiger partial charge in [0.2, 0.25) is 5.88 Å². The predicted octanol–water partition coefficient (Wildman–Crippen LogP) is 3.23. The standard InChI is InChI=1S/C17H18BrN3O2/c1-12-19-9-8-16(20-12)23-13-5-4-10-21(11-13)17(22)14-6-2-3-7-15(14)18/h2-3,6-9,13H,4-5,10-11H2,1H3/t13-/m1/s1. The molecule has 0 bridgehead atoms. The van der Waals surface area contributed by atoms with Crippen molar-refractivity contribution in [2.24, 2.45) is 0 Å². The number of nitrogens with zero attached hydrogens (tertiary/aromatic N) is 3. The number of aryl methyl sites for hydroxylation is 1. The lowest BCUT2D eigenvalue weighted by molar-refractivity contribution is 0.0526.